The first-order valence-corrected chi connectivity index (χ1v) is 8.64. The van der Waals surface area contributed by atoms with Crippen molar-refractivity contribution in [2.75, 3.05) is 40.3 Å². The van der Waals surface area contributed by atoms with Gasteiger partial charge in [-0.25, -0.2) is 0 Å². The molecule has 1 aromatic carbocycles. The Morgan fingerprint density at radius 1 is 1.28 bits per heavy atom. The van der Waals surface area contributed by atoms with Gasteiger partial charge in [0.2, 0.25) is 0 Å². The van der Waals surface area contributed by atoms with Gasteiger partial charge in [0, 0.05) is 37.5 Å². The average molecular weight is 343 g/mol. The Kier molecular flexibility index (Phi) is 5.78. The molecule has 3 rings (SSSR count). The zero-order chi connectivity index (χ0) is 17.6. The lowest BCUT2D eigenvalue weighted by Gasteiger charge is -2.27. The van der Waals surface area contributed by atoms with E-state index in [4.69, 9.17) is 4.74 Å². The van der Waals surface area contributed by atoms with Crippen molar-refractivity contribution < 1.29 is 9.53 Å². The Balaban J connectivity index is 1.77. The number of carbonyl (C=O) groups is 1. The number of aromatic nitrogens is 3. The second kappa shape index (κ2) is 8.22. The van der Waals surface area contributed by atoms with Crippen LogP contribution in [0.4, 0.5) is 0 Å². The van der Waals surface area contributed by atoms with Crippen LogP contribution in [-0.4, -0.2) is 76.9 Å². The normalized spacial score (nSPS) is 17.2. The lowest BCUT2D eigenvalue weighted by molar-refractivity contribution is 0.0512. The lowest BCUT2D eigenvalue weighted by atomic mass is 10.1. The molecule has 1 fully saturated rings. The van der Waals surface area contributed by atoms with E-state index in [9.17, 15) is 4.79 Å². The monoisotopic (exact) mass is 343 g/mol. The standard InChI is InChI=1S/C18H25N5O2/c1-21(2)8-9-22(12-17-7-4-10-25-17)18(24)15-5-3-6-16(11-15)23-13-19-20-14-23/h3,5-6,11,13-14,17H,4,7-10,12H2,1-2H3. The number of likely N-dealkylation sites (N-methyl/N-ethyl adjacent to an activating group) is 1. The summed E-state index contributed by atoms with van der Waals surface area (Å²) >= 11 is 0. The molecule has 1 aliphatic rings. The summed E-state index contributed by atoms with van der Waals surface area (Å²) in [6.07, 6.45) is 5.49. The van der Waals surface area contributed by atoms with E-state index in [0.717, 1.165) is 31.7 Å². The van der Waals surface area contributed by atoms with Crippen LogP contribution in [0.5, 0.6) is 0 Å². The summed E-state index contributed by atoms with van der Waals surface area (Å²) in [5, 5.41) is 7.64. The molecule has 0 N–H and O–H groups in total. The molecule has 0 radical (unpaired) electrons. The molecule has 0 aliphatic carbocycles. The predicted octanol–water partition coefficient (Wildman–Crippen LogP) is 1.45. The lowest BCUT2D eigenvalue weighted by Crippen LogP contribution is -2.41. The third-order valence-corrected chi connectivity index (χ3v) is 4.36. The Bertz CT molecular complexity index is 681. The van der Waals surface area contributed by atoms with E-state index in [1.165, 1.54) is 0 Å². The number of hydrogen-bond donors (Lipinski definition) is 0. The number of nitrogens with zero attached hydrogens (tertiary/aromatic N) is 5. The second-order valence-electron chi connectivity index (χ2n) is 6.61. The van der Waals surface area contributed by atoms with Gasteiger partial charge < -0.3 is 14.5 Å². The summed E-state index contributed by atoms with van der Waals surface area (Å²) in [4.78, 5) is 17.1. The number of amides is 1. The fraction of sp³-hybridized carbons (Fsp3) is 0.500. The SMILES string of the molecule is CN(C)CCN(CC1CCCO1)C(=O)c1cccc(-n2cnnc2)c1. The van der Waals surface area contributed by atoms with Gasteiger partial charge in [-0.3, -0.25) is 9.36 Å². The van der Waals surface area contributed by atoms with Crippen LogP contribution in [0.1, 0.15) is 23.2 Å². The molecule has 1 aromatic heterocycles. The van der Waals surface area contributed by atoms with E-state index in [1.54, 1.807) is 17.2 Å². The molecule has 7 heteroatoms. The summed E-state index contributed by atoms with van der Waals surface area (Å²) in [6, 6.07) is 7.56. The van der Waals surface area contributed by atoms with E-state index in [1.807, 2.05) is 43.3 Å². The molecule has 7 nitrogen and oxygen atoms in total. The minimum Gasteiger partial charge on any atom is -0.376 e. The van der Waals surface area contributed by atoms with Crippen molar-refractivity contribution in [1.29, 1.82) is 0 Å². The maximum Gasteiger partial charge on any atom is 0.254 e. The Morgan fingerprint density at radius 2 is 2.08 bits per heavy atom. The smallest absolute Gasteiger partial charge is 0.254 e. The molecule has 1 unspecified atom stereocenters. The first-order valence-electron chi connectivity index (χ1n) is 8.64. The zero-order valence-corrected chi connectivity index (χ0v) is 14.8. The van der Waals surface area contributed by atoms with Crippen LogP contribution in [0, 0.1) is 0 Å². The highest BCUT2D eigenvalue weighted by Gasteiger charge is 2.23. The molecule has 2 heterocycles. The summed E-state index contributed by atoms with van der Waals surface area (Å²) < 4.78 is 7.52. The van der Waals surface area contributed by atoms with E-state index in [2.05, 4.69) is 15.1 Å². The molecule has 1 atom stereocenters. The van der Waals surface area contributed by atoms with Gasteiger partial charge in [-0.05, 0) is 45.1 Å². The molecule has 2 aromatic rings. The van der Waals surface area contributed by atoms with E-state index in [-0.39, 0.29) is 12.0 Å². The minimum atomic E-state index is 0.0345. The second-order valence-corrected chi connectivity index (χ2v) is 6.61. The average Bonchev–Trinajstić information content (AvgIpc) is 3.31. The van der Waals surface area contributed by atoms with Crippen LogP contribution in [0.2, 0.25) is 0 Å². The molecular formula is C18H25N5O2. The van der Waals surface area contributed by atoms with Crippen molar-refractivity contribution in [3.8, 4) is 5.69 Å². The molecule has 134 valence electrons. The Hall–Kier alpha value is -2.25. The summed E-state index contributed by atoms with van der Waals surface area (Å²) in [5.41, 5.74) is 1.54. The van der Waals surface area contributed by atoms with Crippen molar-refractivity contribution >= 4 is 5.91 Å². The molecule has 1 amide bonds. The maximum atomic E-state index is 13.1. The van der Waals surface area contributed by atoms with Crippen molar-refractivity contribution in [3.63, 3.8) is 0 Å². The van der Waals surface area contributed by atoms with Gasteiger partial charge in [-0.2, -0.15) is 0 Å². The van der Waals surface area contributed by atoms with E-state index < -0.39 is 0 Å². The highest BCUT2D eigenvalue weighted by Crippen LogP contribution is 2.16. The van der Waals surface area contributed by atoms with Gasteiger partial charge in [-0.1, -0.05) is 6.07 Å². The molecule has 25 heavy (non-hydrogen) atoms. The summed E-state index contributed by atoms with van der Waals surface area (Å²) in [7, 11) is 4.03. The molecule has 0 saturated carbocycles. The number of benzene rings is 1. The van der Waals surface area contributed by atoms with E-state index in [0.29, 0.717) is 18.7 Å². The number of ether oxygens (including phenoxy) is 1. The van der Waals surface area contributed by atoms with Gasteiger partial charge in [0.05, 0.1) is 6.10 Å². The number of carbonyl (C=O) groups excluding carboxylic acids is 1. The first kappa shape index (κ1) is 17.6. The largest absolute Gasteiger partial charge is 0.376 e. The fourth-order valence-corrected chi connectivity index (χ4v) is 2.95. The van der Waals surface area contributed by atoms with Gasteiger partial charge in [-0.15, -0.1) is 10.2 Å². The summed E-state index contributed by atoms with van der Waals surface area (Å²) in [6.45, 7) is 2.94. The van der Waals surface area contributed by atoms with Gasteiger partial charge in [0.1, 0.15) is 12.7 Å². The number of hydrogen-bond acceptors (Lipinski definition) is 5. The molecule has 1 saturated heterocycles. The minimum absolute atomic E-state index is 0.0345. The Labute approximate surface area is 148 Å². The van der Waals surface area contributed by atoms with Crippen LogP contribution >= 0.6 is 0 Å². The third-order valence-electron chi connectivity index (χ3n) is 4.36. The predicted molar refractivity (Wildman–Crippen MR) is 94.8 cm³/mol. The van der Waals surface area contributed by atoms with Gasteiger partial charge >= 0.3 is 0 Å². The molecule has 1 aliphatic heterocycles. The van der Waals surface area contributed by atoms with Crippen LogP contribution in [0.15, 0.2) is 36.9 Å². The van der Waals surface area contributed by atoms with Gasteiger partial charge in [0.15, 0.2) is 0 Å². The fourth-order valence-electron chi connectivity index (χ4n) is 2.95. The Morgan fingerprint density at radius 3 is 2.76 bits per heavy atom. The molecular weight excluding hydrogens is 318 g/mol. The maximum absolute atomic E-state index is 13.1. The van der Waals surface area contributed by atoms with Crippen molar-refractivity contribution in [2.45, 2.75) is 18.9 Å². The highest BCUT2D eigenvalue weighted by atomic mass is 16.5. The van der Waals surface area contributed by atoms with Crippen LogP contribution in [0.25, 0.3) is 5.69 Å². The zero-order valence-electron chi connectivity index (χ0n) is 14.8. The van der Waals surface area contributed by atoms with Crippen LogP contribution in [0.3, 0.4) is 0 Å². The highest BCUT2D eigenvalue weighted by molar-refractivity contribution is 5.94. The van der Waals surface area contributed by atoms with Gasteiger partial charge in [0.25, 0.3) is 5.91 Å². The van der Waals surface area contributed by atoms with Crippen LogP contribution in [-0.2, 0) is 4.74 Å². The van der Waals surface area contributed by atoms with Crippen molar-refractivity contribution in [3.05, 3.63) is 42.5 Å². The topological polar surface area (TPSA) is 63.5 Å². The third kappa shape index (κ3) is 4.64. The quantitative estimate of drug-likeness (QED) is 0.761. The molecule has 0 bridgehead atoms. The van der Waals surface area contributed by atoms with Crippen molar-refractivity contribution in [2.24, 2.45) is 0 Å². The van der Waals surface area contributed by atoms with Crippen molar-refractivity contribution in [1.82, 2.24) is 24.6 Å². The number of rotatable bonds is 7. The first-order chi connectivity index (χ1) is 12.1. The molecule has 0 spiro atoms. The van der Waals surface area contributed by atoms with E-state index >= 15 is 0 Å². The van der Waals surface area contributed by atoms with Crippen LogP contribution < -0.4 is 0 Å². The summed E-state index contributed by atoms with van der Waals surface area (Å²) in [5.74, 6) is 0.0345.